The van der Waals surface area contributed by atoms with Crippen LogP contribution in [0.3, 0.4) is 0 Å². The third kappa shape index (κ3) is 4.97. The van der Waals surface area contributed by atoms with Crippen LogP contribution in [0.5, 0.6) is 0 Å². The molecule has 0 radical (unpaired) electrons. The van der Waals surface area contributed by atoms with Crippen LogP contribution in [0.2, 0.25) is 0 Å². The van der Waals surface area contributed by atoms with E-state index in [0.717, 1.165) is 19.3 Å². The lowest BCUT2D eigenvalue weighted by molar-refractivity contribution is -0.204. The summed E-state index contributed by atoms with van der Waals surface area (Å²) in [5.74, 6) is -1.40. The fourth-order valence-corrected chi connectivity index (χ4v) is 1.87. The van der Waals surface area contributed by atoms with E-state index in [1.807, 2.05) is 13.8 Å². The standard InChI is InChI=1S/C12H26O2/c1-4-7-8-9-10-11(5-2)12(13,14)6-3/h11,13-14H,4-10H2,1-3H3. The lowest BCUT2D eigenvalue weighted by atomic mass is 9.88. The zero-order valence-electron chi connectivity index (χ0n) is 9.92. The van der Waals surface area contributed by atoms with Crippen LogP contribution in [0.1, 0.15) is 65.7 Å². The average molecular weight is 202 g/mol. The van der Waals surface area contributed by atoms with Gasteiger partial charge in [-0.3, -0.25) is 0 Å². The molecule has 2 heteroatoms. The first-order chi connectivity index (χ1) is 6.58. The van der Waals surface area contributed by atoms with E-state index in [-0.39, 0.29) is 5.92 Å². The summed E-state index contributed by atoms with van der Waals surface area (Å²) < 4.78 is 0. The molecule has 0 bridgehead atoms. The number of hydrogen-bond acceptors (Lipinski definition) is 2. The Morgan fingerprint density at radius 2 is 1.64 bits per heavy atom. The van der Waals surface area contributed by atoms with E-state index in [2.05, 4.69) is 6.92 Å². The quantitative estimate of drug-likeness (QED) is 0.469. The van der Waals surface area contributed by atoms with Crippen molar-refractivity contribution in [1.82, 2.24) is 0 Å². The SMILES string of the molecule is CCCCCCC(CC)C(O)(O)CC. The molecule has 0 aliphatic carbocycles. The van der Waals surface area contributed by atoms with Gasteiger partial charge < -0.3 is 10.2 Å². The van der Waals surface area contributed by atoms with Crippen molar-refractivity contribution in [2.45, 2.75) is 71.5 Å². The van der Waals surface area contributed by atoms with E-state index in [4.69, 9.17) is 0 Å². The maximum absolute atomic E-state index is 9.70. The highest BCUT2D eigenvalue weighted by molar-refractivity contribution is 4.73. The minimum Gasteiger partial charge on any atom is -0.365 e. The van der Waals surface area contributed by atoms with Crippen LogP contribution >= 0.6 is 0 Å². The van der Waals surface area contributed by atoms with E-state index in [1.165, 1.54) is 19.3 Å². The van der Waals surface area contributed by atoms with E-state index in [9.17, 15) is 10.2 Å². The molecule has 1 unspecified atom stereocenters. The summed E-state index contributed by atoms with van der Waals surface area (Å²) in [6.45, 7) is 6.04. The number of unbranched alkanes of at least 4 members (excludes halogenated alkanes) is 3. The summed E-state index contributed by atoms with van der Waals surface area (Å²) in [5, 5.41) is 19.4. The van der Waals surface area contributed by atoms with Gasteiger partial charge in [0.2, 0.25) is 0 Å². The second-order valence-corrected chi connectivity index (χ2v) is 4.19. The van der Waals surface area contributed by atoms with Gasteiger partial charge >= 0.3 is 0 Å². The Balaban J connectivity index is 3.79. The number of aliphatic hydroxyl groups is 2. The highest BCUT2D eigenvalue weighted by Gasteiger charge is 2.30. The van der Waals surface area contributed by atoms with Gasteiger partial charge in [0.05, 0.1) is 0 Å². The molecule has 2 nitrogen and oxygen atoms in total. The van der Waals surface area contributed by atoms with E-state index in [0.29, 0.717) is 6.42 Å². The predicted molar refractivity (Wildman–Crippen MR) is 60.0 cm³/mol. The van der Waals surface area contributed by atoms with Crippen LogP contribution in [0.15, 0.2) is 0 Å². The normalized spacial score (nSPS) is 14.4. The zero-order chi connectivity index (χ0) is 11.0. The van der Waals surface area contributed by atoms with Gasteiger partial charge in [0.25, 0.3) is 0 Å². The monoisotopic (exact) mass is 202 g/mol. The van der Waals surface area contributed by atoms with E-state index >= 15 is 0 Å². The second kappa shape index (κ2) is 7.24. The second-order valence-electron chi connectivity index (χ2n) is 4.19. The van der Waals surface area contributed by atoms with Crippen molar-refractivity contribution in [2.75, 3.05) is 0 Å². The predicted octanol–water partition coefficient (Wildman–Crippen LogP) is 3.07. The van der Waals surface area contributed by atoms with Crippen molar-refractivity contribution in [2.24, 2.45) is 5.92 Å². The van der Waals surface area contributed by atoms with Crippen molar-refractivity contribution in [3.05, 3.63) is 0 Å². The molecule has 86 valence electrons. The Bertz CT molecular complexity index is 132. The van der Waals surface area contributed by atoms with Crippen molar-refractivity contribution >= 4 is 0 Å². The summed E-state index contributed by atoms with van der Waals surface area (Å²) in [6.07, 6.45) is 7.05. The first kappa shape index (κ1) is 13.9. The maximum Gasteiger partial charge on any atom is 0.165 e. The molecule has 0 aromatic rings. The maximum atomic E-state index is 9.70. The lowest BCUT2D eigenvalue weighted by Gasteiger charge is -2.29. The van der Waals surface area contributed by atoms with Gasteiger partial charge in [-0.25, -0.2) is 0 Å². The molecular formula is C12H26O2. The Morgan fingerprint density at radius 1 is 1.00 bits per heavy atom. The molecular weight excluding hydrogens is 176 g/mol. The molecule has 0 aromatic heterocycles. The first-order valence-corrected chi connectivity index (χ1v) is 6.03. The molecule has 0 aromatic carbocycles. The summed E-state index contributed by atoms with van der Waals surface area (Å²) in [5.41, 5.74) is 0. The molecule has 0 aliphatic heterocycles. The summed E-state index contributed by atoms with van der Waals surface area (Å²) in [6, 6.07) is 0. The molecule has 0 saturated heterocycles. The van der Waals surface area contributed by atoms with Crippen molar-refractivity contribution in [3.63, 3.8) is 0 Å². The van der Waals surface area contributed by atoms with Crippen LogP contribution in [0.25, 0.3) is 0 Å². The summed E-state index contributed by atoms with van der Waals surface area (Å²) in [7, 11) is 0. The van der Waals surface area contributed by atoms with E-state index < -0.39 is 5.79 Å². The molecule has 0 rings (SSSR count). The molecule has 1 atom stereocenters. The number of rotatable bonds is 8. The van der Waals surface area contributed by atoms with Gasteiger partial charge in [-0.05, 0) is 19.3 Å². The van der Waals surface area contributed by atoms with Crippen LogP contribution in [-0.2, 0) is 0 Å². The number of hydrogen-bond donors (Lipinski definition) is 2. The molecule has 0 heterocycles. The Kier molecular flexibility index (Phi) is 7.20. The fourth-order valence-electron chi connectivity index (χ4n) is 1.87. The Labute approximate surface area is 88.3 Å². The van der Waals surface area contributed by atoms with Gasteiger partial charge in [0.15, 0.2) is 5.79 Å². The van der Waals surface area contributed by atoms with Gasteiger partial charge in [0.1, 0.15) is 0 Å². The Morgan fingerprint density at radius 3 is 2.07 bits per heavy atom. The minimum atomic E-state index is -1.44. The van der Waals surface area contributed by atoms with Gasteiger partial charge in [-0.1, -0.05) is 46.5 Å². The van der Waals surface area contributed by atoms with Gasteiger partial charge in [-0.2, -0.15) is 0 Å². The highest BCUT2D eigenvalue weighted by atomic mass is 16.5. The smallest absolute Gasteiger partial charge is 0.165 e. The van der Waals surface area contributed by atoms with Crippen molar-refractivity contribution in [3.8, 4) is 0 Å². The molecule has 14 heavy (non-hydrogen) atoms. The van der Waals surface area contributed by atoms with Crippen LogP contribution in [0.4, 0.5) is 0 Å². The molecule has 2 N–H and O–H groups in total. The molecule has 0 saturated carbocycles. The third-order valence-corrected chi connectivity index (χ3v) is 3.07. The van der Waals surface area contributed by atoms with E-state index in [1.54, 1.807) is 0 Å². The van der Waals surface area contributed by atoms with Crippen molar-refractivity contribution < 1.29 is 10.2 Å². The molecule has 0 fully saturated rings. The molecule has 0 amide bonds. The first-order valence-electron chi connectivity index (χ1n) is 6.03. The Hall–Kier alpha value is -0.0800. The topological polar surface area (TPSA) is 40.5 Å². The van der Waals surface area contributed by atoms with Crippen LogP contribution < -0.4 is 0 Å². The van der Waals surface area contributed by atoms with Crippen LogP contribution in [0, 0.1) is 5.92 Å². The third-order valence-electron chi connectivity index (χ3n) is 3.07. The fraction of sp³-hybridized carbons (Fsp3) is 1.00. The molecule has 0 aliphatic rings. The highest BCUT2D eigenvalue weighted by Crippen LogP contribution is 2.26. The molecule has 0 spiro atoms. The largest absolute Gasteiger partial charge is 0.365 e. The lowest BCUT2D eigenvalue weighted by Crippen LogP contribution is -2.36. The van der Waals surface area contributed by atoms with Gasteiger partial charge in [0, 0.05) is 5.92 Å². The van der Waals surface area contributed by atoms with Crippen molar-refractivity contribution in [1.29, 1.82) is 0 Å². The summed E-state index contributed by atoms with van der Waals surface area (Å²) >= 11 is 0. The zero-order valence-corrected chi connectivity index (χ0v) is 9.92. The van der Waals surface area contributed by atoms with Gasteiger partial charge in [-0.15, -0.1) is 0 Å². The minimum absolute atomic E-state index is 0.0457. The summed E-state index contributed by atoms with van der Waals surface area (Å²) in [4.78, 5) is 0. The van der Waals surface area contributed by atoms with Crippen LogP contribution in [-0.4, -0.2) is 16.0 Å². The average Bonchev–Trinajstić information content (AvgIpc) is 2.17.